The van der Waals surface area contributed by atoms with Crippen LogP contribution in [0.15, 0.2) is 119 Å². The van der Waals surface area contributed by atoms with Gasteiger partial charge in [0.25, 0.3) is 11.8 Å². The van der Waals surface area contributed by atoms with Crippen molar-refractivity contribution in [1.29, 1.82) is 0 Å². The number of halogens is 1. The lowest BCUT2D eigenvalue weighted by atomic mass is 10.2. The third kappa shape index (κ3) is 8.24. The molecule has 8 nitrogen and oxygen atoms in total. The predicted molar refractivity (Wildman–Crippen MR) is 173 cm³/mol. The molecule has 44 heavy (non-hydrogen) atoms. The van der Waals surface area contributed by atoms with Gasteiger partial charge in [-0.3, -0.25) is 19.4 Å². The van der Waals surface area contributed by atoms with Crippen molar-refractivity contribution in [1.82, 2.24) is 15.3 Å². The average molecular weight is 624 g/mol. The van der Waals surface area contributed by atoms with Crippen LogP contribution in [0.3, 0.4) is 0 Å². The zero-order chi connectivity index (χ0) is 30.9. The number of hydrogen-bond donors (Lipinski definition) is 3. The third-order valence-corrected chi connectivity index (χ3v) is 8.06. The first-order valence-electron chi connectivity index (χ1n) is 13.4. The highest BCUT2D eigenvalue weighted by Gasteiger charge is 2.18. The Kier molecular flexibility index (Phi) is 9.90. The van der Waals surface area contributed by atoms with Gasteiger partial charge in [0.2, 0.25) is 5.91 Å². The first-order chi connectivity index (χ1) is 21.3. The Morgan fingerprint density at radius 2 is 1.66 bits per heavy atom. The number of hydrogen-bond acceptors (Lipinski definition) is 7. The molecule has 3 N–H and O–H groups in total. The summed E-state index contributed by atoms with van der Waals surface area (Å²) in [6.45, 7) is 1.79. The Labute approximate surface area is 261 Å². The van der Waals surface area contributed by atoms with Crippen LogP contribution < -0.4 is 16.0 Å². The number of nitrogens with one attached hydrogen (secondary N) is 3. The number of amides is 3. The molecule has 1 atom stereocenters. The molecule has 0 aliphatic carbocycles. The van der Waals surface area contributed by atoms with Crippen LogP contribution in [0.4, 0.5) is 15.2 Å². The van der Waals surface area contributed by atoms with E-state index in [0.717, 1.165) is 10.5 Å². The van der Waals surface area contributed by atoms with Crippen LogP contribution >= 0.6 is 23.1 Å². The first kappa shape index (κ1) is 30.3. The third-order valence-electron chi connectivity index (χ3n) is 6.19. The Morgan fingerprint density at radius 1 is 0.909 bits per heavy atom. The summed E-state index contributed by atoms with van der Waals surface area (Å²) in [7, 11) is 0. The van der Waals surface area contributed by atoms with Gasteiger partial charge in [-0.05, 0) is 85.3 Å². The largest absolute Gasteiger partial charge is 0.321 e. The lowest BCUT2D eigenvalue weighted by molar-refractivity contribution is -0.115. The van der Waals surface area contributed by atoms with Crippen LogP contribution in [0.1, 0.15) is 22.8 Å². The molecular weight excluding hydrogens is 598 g/mol. The summed E-state index contributed by atoms with van der Waals surface area (Å²) in [6, 6.07) is 25.2. The molecule has 2 aromatic heterocycles. The summed E-state index contributed by atoms with van der Waals surface area (Å²) in [5, 5.41) is 10.2. The van der Waals surface area contributed by atoms with Gasteiger partial charge in [0.1, 0.15) is 11.5 Å². The van der Waals surface area contributed by atoms with Gasteiger partial charge in [-0.15, -0.1) is 23.1 Å². The van der Waals surface area contributed by atoms with Crippen molar-refractivity contribution in [2.45, 2.75) is 17.1 Å². The summed E-state index contributed by atoms with van der Waals surface area (Å²) < 4.78 is 13.2. The molecule has 0 saturated carbocycles. The van der Waals surface area contributed by atoms with Crippen LogP contribution in [0, 0.1) is 5.82 Å². The molecule has 5 rings (SSSR count). The van der Waals surface area contributed by atoms with E-state index in [4.69, 9.17) is 0 Å². The topological polar surface area (TPSA) is 113 Å². The van der Waals surface area contributed by atoms with Gasteiger partial charge in [0.05, 0.1) is 10.9 Å². The summed E-state index contributed by atoms with van der Waals surface area (Å²) in [4.78, 5) is 48.2. The fourth-order valence-electron chi connectivity index (χ4n) is 3.93. The summed E-state index contributed by atoms with van der Waals surface area (Å²) in [5.41, 5.74) is 3.05. The zero-order valence-electron chi connectivity index (χ0n) is 23.4. The summed E-state index contributed by atoms with van der Waals surface area (Å²) >= 11 is 2.65. The number of benzene rings is 3. The van der Waals surface area contributed by atoms with Crippen LogP contribution in [-0.2, 0) is 9.59 Å². The quantitative estimate of drug-likeness (QED) is 0.116. The van der Waals surface area contributed by atoms with Crippen LogP contribution in [-0.4, -0.2) is 32.9 Å². The standard InChI is InChI=1S/C33H26FN5O3S2/c1-21(30(40)39-33-38-29(20-43-33)23-9-11-25(34)12-10-23)44-27-15-13-26(14-16-27)36-32(42)28(18-22-6-5-17-35-19-22)37-31(41)24-7-3-2-4-8-24/h2-21H,1H3,(H,36,42)(H,37,41)(H,38,39,40)/b28-18-. The molecule has 0 spiro atoms. The summed E-state index contributed by atoms with van der Waals surface area (Å²) in [6.07, 6.45) is 4.76. The van der Waals surface area contributed by atoms with E-state index < -0.39 is 17.1 Å². The zero-order valence-corrected chi connectivity index (χ0v) is 25.0. The van der Waals surface area contributed by atoms with Crippen LogP contribution in [0.5, 0.6) is 0 Å². The van der Waals surface area contributed by atoms with Crippen molar-refractivity contribution in [3.63, 3.8) is 0 Å². The van der Waals surface area contributed by atoms with Gasteiger partial charge in [-0.25, -0.2) is 9.37 Å². The summed E-state index contributed by atoms with van der Waals surface area (Å²) in [5.74, 6) is -1.46. The average Bonchev–Trinajstić information content (AvgIpc) is 3.51. The van der Waals surface area contributed by atoms with Crippen molar-refractivity contribution in [3.05, 3.63) is 131 Å². The monoisotopic (exact) mass is 623 g/mol. The molecule has 0 aliphatic rings. The maximum absolute atomic E-state index is 13.2. The molecule has 3 amide bonds. The van der Waals surface area contributed by atoms with Crippen molar-refractivity contribution < 1.29 is 18.8 Å². The molecule has 0 radical (unpaired) electrons. The Hall–Kier alpha value is -5.13. The second-order valence-corrected chi connectivity index (χ2v) is 11.7. The number of carbonyl (C=O) groups is 3. The first-order valence-corrected chi connectivity index (χ1v) is 15.2. The maximum atomic E-state index is 13.2. The van der Waals surface area contributed by atoms with Crippen molar-refractivity contribution >= 4 is 57.7 Å². The van der Waals surface area contributed by atoms with Crippen molar-refractivity contribution in [2.24, 2.45) is 0 Å². The molecule has 0 saturated heterocycles. The number of carbonyl (C=O) groups excluding carboxylic acids is 3. The fraction of sp³-hybridized carbons (Fsp3) is 0.0606. The highest BCUT2D eigenvalue weighted by molar-refractivity contribution is 8.00. The normalized spacial score (nSPS) is 11.8. The Balaban J connectivity index is 1.20. The van der Waals surface area contributed by atoms with E-state index >= 15 is 0 Å². The van der Waals surface area contributed by atoms with Crippen LogP contribution in [0.2, 0.25) is 0 Å². The van der Waals surface area contributed by atoms with E-state index in [1.54, 1.807) is 110 Å². The second kappa shape index (κ2) is 14.4. The maximum Gasteiger partial charge on any atom is 0.272 e. The molecule has 0 fully saturated rings. The predicted octanol–water partition coefficient (Wildman–Crippen LogP) is 6.87. The SMILES string of the molecule is CC(Sc1ccc(NC(=O)/C(=C/c2cccnc2)NC(=O)c2ccccc2)cc1)C(=O)Nc1nc(-c2ccc(F)cc2)cs1. The minimum Gasteiger partial charge on any atom is -0.321 e. The lowest BCUT2D eigenvalue weighted by Gasteiger charge is -2.13. The van der Waals surface area contributed by atoms with Gasteiger partial charge in [0, 0.05) is 39.5 Å². The molecule has 1 unspecified atom stereocenters. The fourth-order valence-corrected chi connectivity index (χ4v) is 5.52. The molecule has 11 heteroatoms. The van der Waals surface area contributed by atoms with Crippen molar-refractivity contribution in [3.8, 4) is 11.3 Å². The van der Waals surface area contributed by atoms with E-state index in [-0.39, 0.29) is 17.4 Å². The number of anilines is 2. The highest BCUT2D eigenvalue weighted by Crippen LogP contribution is 2.28. The van der Waals surface area contributed by atoms with E-state index in [1.807, 2.05) is 0 Å². The molecule has 5 aromatic rings. The van der Waals surface area contributed by atoms with Gasteiger partial charge in [0.15, 0.2) is 5.13 Å². The van der Waals surface area contributed by atoms with E-state index in [2.05, 4.69) is 25.9 Å². The lowest BCUT2D eigenvalue weighted by Crippen LogP contribution is -2.30. The smallest absolute Gasteiger partial charge is 0.272 e. The van der Waals surface area contributed by atoms with Gasteiger partial charge in [-0.2, -0.15) is 0 Å². The molecular formula is C33H26FN5O3S2. The minimum absolute atomic E-state index is 0.0559. The van der Waals surface area contributed by atoms with E-state index in [0.29, 0.717) is 27.6 Å². The highest BCUT2D eigenvalue weighted by atomic mass is 32.2. The number of pyridine rings is 1. The molecule has 2 heterocycles. The molecule has 3 aromatic carbocycles. The number of thioether (sulfide) groups is 1. The van der Waals surface area contributed by atoms with Gasteiger partial charge < -0.3 is 16.0 Å². The van der Waals surface area contributed by atoms with Crippen molar-refractivity contribution in [2.75, 3.05) is 10.6 Å². The van der Waals surface area contributed by atoms with Gasteiger partial charge >= 0.3 is 0 Å². The number of aromatic nitrogens is 2. The number of thiazole rings is 1. The minimum atomic E-state index is -0.505. The number of rotatable bonds is 10. The van der Waals surface area contributed by atoms with Gasteiger partial charge in [-0.1, -0.05) is 24.3 Å². The molecule has 0 bridgehead atoms. The van der Waals surface area contributed by atoms with E-state index in [9.17, 15) is 18.8 Å². The number of nitrogens with zero attached hydrogens (tertiary/aromatic N) is 2. The van der Waals surface area contributed by atoms with E-state index in [1.165, 1.54) is 35.2 Å². The molecule has 0 aliphatic heterocycles. The Bertz CT molecular complexity index is 1780. The Morgan fingerprint density at radius 3 is 2.36 bits per heavy atom. The molecule has 220 valence electrons. The van der Waals surface area contributed by atoms with Crippen LogP contribution in [0.25, 0.3) is 17.3 Å². The second-order valence-electron chi connectivity index (χ2n) is 9.44.